The van der Waals surface area contributed by atoms with Crippen LogP contribution in [0.2, 0.25) is 0 Å². The standard InChI is InChI=1S/C31H43N3O4/c1-20(2)26(33-30(37)38-31(5,6)7)29(36)34(24-14-11-15-24)27(25-18-21(3)16-17-22(25)4)28(35)32-19-23-12-9-8-10-13-23/h8-10,12-13,16-18,20,24,26-27H,11,14-15,19H2,1-7H3,(H,32,35)(H,33,37). The molecular weight excluding hydrogens is 478 g/mol. The van der Waals surface area contributed by atoms with Crippen LogP contribution in [0.5, 0.6) is 0 Å². The van der Waals surface area contributed by atoms with Crippen molar-refractivity contribution < 1.29 is 19.1 Å². The molecule has 1 aliphatic carbocycles. The Kier molecular flexibility index (Phi) is 9.58. The van der Waals surface area contributed by atoms with Gasteiger partial charge in [0.15, 0.2) is 0 Å². The number of nitrogens with one attached hydrogen (secondary N) is 2. The summed E-state index contributed by atoms with van der Waals surface area (Å²) in [6.07, 6.45) is 1.98. The topological polar surface area (TPSA) is 87.7 Å². The molecule has 0 spiro atoms. The first kappa shape index (κ1) is 29.2. The van der Waals surface area contributed by atoms with E-state index in [0.29, 0.717) is 6.54 Å². The lowest BCUT2D eigenvalue weighted by Gasteiger charge is -2.44. The summed E-state index contributed by atoms with van der Waals surface area (Å²) < 4.78 is 5.46. The second-order valence-electron chi connectivity index (χ2n) is 11.7. The minimum absolute atomic E-state index is 0.0865. The fourth-order valence-electron chi connectivity index (χ4n) is 4.65. The molecule has 7 heteroatoms. The van der Waals surface area contributed by atoms with Gasteiger partial charge in [0.05, 0.1) is 0 Å². The molecule has 1 aliphatic rings. The van der Waals surface area contributed by atoms with Crippen LogP contribution >= 0.6 is 0 Å². The molecule has 206 valence electrons. The van der Waals surface area contributed by atoms with E-state index < -0.39 is 23.8 Å². The number of aryl methyl sites for hydroxylation is 2. The minimum Gasteiger partial charge on any atom is -0.444 e. The molecule has 0 aromatic heterocycles. The normalized spacial score (nSPS) is 15.3. The summed E-state index contributed by atoms with van der Waals surface area (Å²) in [5.41, 5.74) is 3.04. The van der Waals surface area contributed by atoms with E-state index in [1.54, 1.807) is 25.7 Å². The fourth-order valence-corrected chi connectivity index (χ4v) is 4.65. The van der Waals surface area contributed by atoms with E-state index in [4.69, 9.17) is 4.74 Å². The molecule has 2 atom stereocenters. The maximum absolute atomic E-state index is 14.3. The average molecular weight is 522 g/mol. The number of benzene rings is 2. The monoisotopic (exact) mass is 521 g/mol. The highest BCUT2D eigenvalue weighted by Crippen LogP contribution is 2.35. The van der Waals surface area contributed by atoms with E-state index in [1.807, 2.05) is 76.2 Å². The maximum Gasteiger partial charge on any atom is 0.408 e. The first-order chi connectivity index (χ1) is 17.9. The van der Waals surface area contributed by atoms with Crippen LogP contribution in [0.25, 0.3) is 0 Å². The van der Waals surface area contributed by atoms with Crippen molar-refractivity contribution in [2.45, 2.75) is 98.0 Å². The van der Waals surface area contributed by atoms with Gasteiger partial charge in [-0.15, -0.1) is 0 Å². The molecule has 0 bridgehead atoms. The maximum atomic E-state index is 14.3. The zero-order valence-electron chi connectivity index (χ0n) is 23.8. The zero-order valence-corrected chi connectivity index (χ0v) is 23.8. The number of hydrogen-bond donors (Lipinski definition) is 2. The van der Waals surface area contributed by atoms with Crippen molar-refractivity contribution in [3.8, 4) is 0 Å². The molecule has 3 amide bonds. The summed E-state index contributed by atoms with van der Waals surface area (Å²) >= 11 is 0. The molecule has 2 aromatic carbocycles. The first-order valence-corrected chi connectivity index (χ1v) is 13.6. The molecule has 0 saturated heterocycles. The smallest absolute Gasteiger partial charge is 0.408 e. The number of amides is 3. The Labute approximate surface area is 227 Å². The summed E-state index contributed by atoms with van der Waals surface area (Å²) in [5, 5.41) is 5.88. The molecule has 1 fully saturated rings. The van der Waals surface area contributed by atoms with Gasteiger partial charge < -0.3 is 20.3 Å². The Morgan fingerprint density at radius 3 is 2.24 bits per heavy atom. The van der Waals surface area contributed by atoms with Gasteiger partial charge in [0.1, 0.15) is 17.7 Å². The summed E-state index contributed by atoms with van der Waals surface area (Å²) in [6.45, 7) is 13.4. The molecule has 0 aliphatic heterocycles. The van der Waals surface area contributed by atoms with Crippen molar-refractivity contribution in [2.75, 3.05) is 0 Å². The van der Waals surface area contributed by atoms with E-state index >= 15 is 0 Å². The van der Waals surface area contributed by atoms with Crippen LogP contribution in [-0.2, 0) is 20.9 Å². The highest BCUT2D eigenvalue weighted by Gasteiger charge is 2.43. The molecule has 1 saturated carbocycles. The van der Waals surface area contributed by atoms with Crippen LogP contribution in [0.4, 0.5) is 4.79 Å². The molecule has 38 heavy (non-hydrogen) atoms. The second kappa shape index (κ2) is 12.5. The molecule has 7 nitrogen and oxygen atoms in total. The van der Waals surface area contributed by atoms with Crippen LogP contribution < -0.4 is 10.6 Å². The van der Waals surface area contributed by atoms with Crippen LogP contribution in [0.15, 0.2) is 48.5 Å². The third-order valence-electron chi connectivity index (χ3n) is 6.89. The van der Waals surface area contributed by atoms with E-state index in [-0.39, 0.29) is 23.8 Å². The largest absolute Gasteiger partial charge is 0.444 e. The third-order valence-corrected chi connectivity index (χ3v) is 6.89. The number of ether oxygens (including phenoxy) is 1. The molecule has 3 rings (SSSR count). The molecule has 0 radical (unpaired) electrons. The first-order valence-electron chi connectivity index (χ1n) is 13.6. The average Bonchev–Trinajstić information content (AvgIpc) is 2.80. The van der Waals surface area contributed by atoms with Gasteiger partial charge in [0, 0.05) is 12.6 Å². The van der Waals surface area contributed by atoms with Gasteiger partial charge in [-0.1, -0.05) is 67.9 Å². The van der Waals surface area contributed by atoms with Crippen LogP contribution in [-0.4, -0.2) is 40.5 Å². The summed E-state index contributed by atoms with van der Waals surface area (Å²) in [7, 11) is 0. The molecule has 0 heterocycles. The zero-order chi connectivity index (χ0) is 28.0. The minimum atomic E-state index is -0.833. The van der Waals surface area contributed by atoms with Crippen LogP contribution in [0.1, 0.15) is 82.2 Å². The Morgan fingerprint density at radius 1 is 1.03 bits per heavy atom. The summed E-state index contributed by atoms with van der Waals surface area (Å²) in [6, 6.07) is 14.0. The lowest BCUT2D eigenvalue weighted by Crippen LogP contribution is -2.58. The van der Waals surface area contributed by atoms with Crippen molar-refractivity contribution in [2.24, 2.45) is 5.92 Å². The van der Waals surface area contributed by atoms with Crippen LogP contribution in [0, 0.1) is 19.8 Å². The Bertz CT molecular complexity index is 1120. The van der Waals surface area contributed by atoms with E-state index in [9.17, 15) is 14.4 Å². The lowest BCUT2D eigenvalue weighted by atomic mass is 9.86. The molecular formula is C31H43N3O4. The Morgan fingerprint density at radius 2 is 1.68 bits per heavy atom. The second-order valence-corrected chi connectivity index (χ2v) is 11.7. The SMILES string of the molecule is Cc1ccc(C)c(C(C(=O)NCc2ccccc2)N(C(=O)C(NC(=O)OC(C)(C)C)C(C)C)C2CCC2)c1. The number of hydrogen-bond acceptors (Lipinski definition) is 4. The predicted molar refractivity (Wildman–Crippen MR) is 149 cm³/mol. The predicted octanol–water partition coefficient (Wildman–Crippen LogP) is 5.59. The van der Waals surface area contributed by atoms with Crippen molar-refractivity contribution >= 4 is 17.9 Å². The quantitative estimate of drug-likeness (QED) is 0.450. The number of nitrogens with zero attached hydrogens (tertiary/aromatic N) is 1. The van der Waals surface area contributed by atoms with Gasteiger partial charge in [-0.05, 0) is 76.5 Å². The van der Waals surface area contributed by atoms with Gasteiger partial charge in [0.2, 0.25) is 11.8 Å². The Hall–Kier alpha value is -3.35. The number of carbonyl (C=O) groups is 3. The molecule has 2 aromatic rings. The van der Waals surface area contributed by atoms with E-state index in [1.165, 1.54) is 0 Å². The van der Waals surface area contributed by atoms with Crippen molar-refractivity contribution in [1.29, 1.82) is 0 Å². The van der Waals surface area contributed by atoms with Gasteiger partial charge >= 0.3 is 6.09 Å². The van der Waals surface area contributed by atoms with Crippen molar-refractivity contribution in [1.82, 2.24) is 15.5 Å². The number of rotatable bonds is 9. The van der Waals surface area contributed by atoms with Gasteiger partial charge in [-0.2, -0.15) is 0 Å². The Balaban J connectivity index is 2.00. The number of carbonyl (C=O) groups excluding carboxylic acids is 3. The number of alkyl carbamates (subject to hydrolysis) is 1. The van der Waals surface area contributed by atoms with Crippen molar-refractivity contribution in [3.05, 3.63) is 70.8 Å². The van der Waals surface area contributed by atoms with Crippen LogP contribution in [0.3, 0.4) is 0 Å². The summed E-state index contributed by atoms with van der Waals surface area (Å²) in [5.74, 6) is -0.705. The highest BCUT2D eigenvalue weighted by molar-refractivity contribution is 5.92. The van der Waals surface area contributed by atoms with E-state index in [2.05, 4.69) is 10.6 Å². The molecule has 2 N–H and O–H groups in total. The van der Waals surface area contributed by atoms with Gasteiger partial charge in [-0.3, -0.25) is 9.59 Å². The van der Waals surface area contributed by atoms with E-state index in [0.717, 1.165) is 41.5 Å². The van der Waals surface area contributed by atoms with Gasteiger partial charge in [0.25, 0.3) is 0 Å². The highest BCUT2D eigenvalue weighted by atomic mass is 16.6. The fraction of sp³-hybridized carbons (Fsp3) is 0.516. The molecule has 2 unspecified atom stereocenters. The van der Waals surface area contributed by atoms with Crippen molar-refractivity contribution in [3.63, 3.8) is 0 Å². The van der Waals surface area contributed by atoms with Gasteiger partial charge in [-0.25, -0.2) is 4.79 Å². The summed E-state index contributed by atoms with van der Waals surface area (Å²) in [4.78, 5) is 42.7. The third kappa shape index (κ3) is 7.59. The lowest BCUT2D eigenvalue weighted by molar-refractivity contribution is -0.148.